The molecule has 1 aliphatic heterocycles. The van der Waals surface area contributed by atoms with Gasteiger partial charge in [0.2, 0.25) is 0 Å². The van der Waals surface area contributed by atoms with Crippen LogP contribution in [0.2, 0.25) is 0 Å². The first-order chi connectivity index (χ1) is 8.63. The van der Waals surface area contributed by atoms with E-state index in [1.165, 1.54) is 6.07 Å². The molecule has 2 rings (SSSR count). The molecule has 18 heavy (non-hydrogen) atoms. The molecule has 1 aliphatic rings. The van der Waals surface area contributed by atoms with Crippen molar-refractivity contribution in [3.8, 4) is 0 Å². The summed E-state index contributed by atoms with van der Waals surface area (Å²) in [5.41, 5.74) is 0.941. The van der Waals surface area contributed by atoms with Gasteiger partial charge >= 0.3 is 0 Å². The van der Waals surface area contributed by atoms with Gasteiger partial charge in [0.1, 0.15) is 0 Å². The van der Waals surface area contributed by atoms with Crippen molar-refractivity contribution >= 4 is 27.7 Å². The van der Waals surface area contributed by atoms with Gasteiger partial charge in [-0.3, -0.25) is 4.79 Å². The zero-order valence-corrected chi connectivity index (χ0v) is 12.8. The number of aryl methyl sites for hydroxylation is 1. The first-order valence-corrected chi connectivity index (χ1v) is 8.09. The Labute approximate surface area is 119 Å². The van der Waals surface area contributed by atoms with Crippen molar-refractivity contribution in [1.29, 1.82) is 0 Å². The third-order valence-electron chi connectivity index (χ3n) is 3.20. The lowest BCUT2D eigenvalue weighted by Gasteiger charge is -2.35. The number of aromatic amines is 1. The number of nitrogens with zero attached hydrogens (tertiary/aromatic N) is 1. The van der Waals surface area contributed by atoms with Crippen LogP contribution in [-0.4, -0.2) is 34.3 Å². The van der Waals surface area contributed by atoms with E-state index < -0.39 is 0 Å². The second-order valence-electron chi connectivity index (χ2n) is 4.73. The monoisotopic (exact) mass is 332 g/mol. The van der Waals surface area contributed by atoms with Crippen LogP contribution in [0.25, 0.3) is 0 Å². The third-order valence-corrected chi connectivity index (χ3v) is 5.61. The zero-order chi connectivity index (χ0) is 13.0. The van der Waals surface area contributed by atoms with Crippen LogP contribution >= 0.6 is 27.7 Å². The van der Waals surface area contributed by atoms with Crippen molar-refractivity contribution in [2.24, 2.45) is 5.41 Å². The fourth-order valence-corrected chi connectivity index (χ4v) is 4.20. The molecule has 1 N–H and O–H groups in total. The van der Waals surface area contributed by atoms with Gasteiger partial charge in [-0.05, 0) is 25.2 Å². The number of halogens is 1. The van der Waals surface area contributed by atoms with E-state index in [0.717, 1.165) is 42.8 Å². The van der Waals surface area contributed by atoms with Crippen LogP contribution in [0.4, 0.5) is 0 Å². The normalized spacial score (nSPS) is 18.8. The minimum atomic E-state index is -0.0788. The number of H-pyrrole nitrogens is 1. The van der Waals surface area contributed by atoms with Gasteiger partial charge < -0.3 is 9.72 Å². The minimum absolute atomic E-state index is 0.0788. The van der Waals surface area contributed by atoms with Crippen molar-refractivity contribution in [3.63, 3.8) is 0 Å². The maximum absolute atomic E-state index is 11.4. The molecule has 0 amide bonds. The molecule has 0 bridgehead atoms. The average molecular weight is 333 g/mol. The van der Waals surface area contributed by atoms with Crippen LogP contribution in [0.3, 0.4) is 0 Å². The molecule has 0 spiro atoms. The molecule has 0 atom stereocenters. The Hall–Kier alpha value is -0.330. The molecule has 0 radical (unpaired) electrons. The van der Waals surface area contributed by atoms with Crippen molar-refractivity contribution in [2.45, 2.75) is 24.9 Å². The van der Waals surface area contributed by atoms with Crippen molar-refractivity contribution in [3.05, 3.63) is 22.1 Å². The number of aromatic nitrogens is 2. The molecule has 0 aromatic carbocycles. The summed E-state index contributed by atoms with van der Waals surface area (Å²) in [6, 6.07) is 1.51. The Balaban J connectivity index is 2.03. The maximum Gasteiger partial charge on any atom is 0.251 e. The van der Waals surface area contributed by atoms with Crippen LogP contribution < -0.4 is 5.56 Å². The van der Waals surface area contributed by atoms with E-state index in [1.807, 2.05) is 6.92 Å². The molecule has 0 saturated carbocycles. The molecule has 100 valence electrons. The second kappa shape index (κ2) is 6.21. The van der Waals surface area contributed by atoms with Crippen LogP contribution in [0.1, 0.15) is 18.5 Å². The number of hydrogen-bond donors (Lipinski definition) is 1. The molecular formula is C12H17BrN2O2S. The molecule has 4 nitrogen and oxygen atoms in total. The molecule has 1 aromatic rings. The summed E-state index contributed by atoms with van der Waals surface area (Å²) in [7, 11) is 0. The summed E-state index contributed by atoms with van der Waals surface area (Å²) in [6.45, 7) is 3.49. The van der Waals surface area contributed by atoms with Gasteiger partial charge in [-0.1, -0.05) is 27.7 Å². The Kier molecular flexibility index (Phi) is 4.86. The van der Waals surface area contributed by atoms with Crippen LogP contribution in [0.5, 0.6) is 0 Å². The van der Waals surface area contributed by atoms with E-state index >= 15 is 0 Å². The fraction of sp³-hybridized carbons (Fsp3) is 0.667. The highest BCUT2D eigenvalue weighted by Crippen LogP contribution is 2.37. The smallest absolute Gasteiger partial charge is 0.251 e. The summed E-state index contributed by atoms with van der Waals surface area (Å²) in [4.78, 5) is 18.5. The van der Waals surface area contributed by atoms with E-state index in [-0.39, 0.29) is 11.0 Å². The highest BCUT2D eigenvalue weighted by Gasteiger charge is 2.31. The SMILES string of the molecule is Cc1cc(=O)[nH]c(SCC2(CBr)CCOCC2)n1. The highest BCUT2D eigenvalue weighted by molar-refractivity contribution is 9.09. The number of alkyl halides is 1. The molecular weight excluding hydrogens is 316 g/mol. The van der Waals surface area contributed by atoms with E-state index in [0.29, 0.717) is 5.16 Å². The van der Waals surface area contributed by atoms with Crippen molar-refractivity contribution in [1.82, 2.24) is 9.97 Å². The number of rotatable bonds is 4. The number of hydrogen-bond acceptors (Lipinski definition) is 4. The number of nitrogens with one attached hydrogen (secondary N) is 1. The molecule has 0 unspecified atom stereocenters. The van der Waals surface area contributed by atoms with E-state index in [4.69, 9.17) is 4.74 Å². The lowest BCUT2D eigenvalue weighted by molar-refractivity contribution is 0.0374. The van der Waals surface area contributed by atoms with Gasteiger partial charge in [0, 0.05) is 36.1 Å². The number of thioether (sulfide) groups is 1. The largest absolute Gasteiger partial charge is 0.381 e. The molecule has 2 heterocycles. The third kappa shape index (κ3) is 3.59. The summed E-state index contributed by atoms with van der Waals surface area (Å²) in [5.74, 6) is 0.952. The van der Waals surface area contributed by atoms with Crippen LogP contribution in [-0.2, 0) is 4.74 Å². The van der Waals surface area contributed by atoms with Gasteiger partial charge in [-0.15, -0.1) is 0 Å². The quantitative estimate of drug-likeness (QED) is 0.522. The summed E-state index contributed by atoms with van der Waals surface area (Å²) < 4.78 is 5.41. The predicted molar refractivity (Wildman–Crippen MR) is 76.6 cm³/mol. The van der Waals surface area contributed by atoms with Crippen molar-refractivity contribution < 1.29 is 4.74 Å². The lowest BCUT2D eigenvalue weighted by Crippen LogP contribution is -2.33. The molecule has 0 aliphatic carbocycles. The standard InChI is InChI=1S/C12H17BrN2O2S/c1-9-6-10(16)15-11(14-9)18-8-12(7-13)2-4-17-5-3-12/h6H,2-5,7-8H2,1H3,(H,14,15,16). The van der Waals surface area contributed by atoms with Gasteiger partial charge in [0.05, 0.1) is 0 Å². The van der Waals surface area contributed by atoms with Gasteiger partial charge in [-0.2, -0.15) is 0 Å². The van der Waals surface area contributed by atoms with Crippen molar-refractivity contribution in [2.75, 3.05) is 24.3 Å². The maximum atomic E-state index is 11.4. The topological polar surface area (TPSA) is 55.0 Å². The molecule has 6 heteroatoms. The first kappa shape index (κ1) is 14.1. The fourth-order valence-electron chi connectivity index (χ4n) is 1.96. The lowest BCUT2D eigenvalue weighted by atomic mass is 9.85. The van der Waals surface area contributed by atoms with Crippen LogP contribution in [0, 0.1) is 12.3 Å². The van der Waals surface area contributed by atoms with E-state index in [1.54, 1.807) is 11.8 Å². The molecule has 1 aromatic heterocycles. The second-order valence-corrected chi connectivity index (χ2v) is 6.25. The minimum Gasteiger partial charge on any atom is -0.381 e. The van der Waals surface area contributed by atoms with Crippen LogP contribution in [0.15, 0.2) is 16.0 Å². The summed E-state index contributed by atoms with van der Waals surface area (Å²) in [5, 5.41) is 1.68. The van der Waals surface area contributed by atoms with Gasteiger partial charge in [0.25, 0.3) is 5.56 Å². The Morgan fingerprint density at radius 3 is 2.89 bits per heavy atom. The Morgan fingerprint density at radius 1 is 1.56 bits per heavy atom. The highest BCUT2D eigenvalue weighted by atomic mass is 79.9. The zero-order valence-electron chi connectivity index (χ0n) is 10.4. The van der Waals surface area contributed by atoms with Gasteiger partial charge in [0.15, 0.2) is 5.16 Å². The molecule has 1 fully saturated rings. The molecule has 1 saturated heterocycles. The summed E-state index contributed by atoms with van der Waals surface area (Å²) >= 11 is 5.24. The average Bonchev–Trinajstić information content (AvgIpc) is 2.36. The predicted octanol–water partition coefficient (Wildman–Crippen LogP) is 2.36. The Morgan fingerprint density at radius 2 is 2.28 bits per heavy atom. The first-order valence-electron chi connectivity index (χ1n) is 5.98. The summed E-state index contributed by atoms with van der Waals surface area (Å²) in [6.07, 6.45) is 2.11. The number of ether oxygens (including phenoxy) is 1. The Bertz CT molecular complexity index is 458. The van der Waals surface area contributed by atoms with Gasteiger partial charge in [-0.25, -0.2) is 4.98 Å². The van der Waals surface area contributed by atoms with E-state index in [9.17, 15) is 4.79 Å². The van der Waals surface area contributed by atoms with E-state index in [2.05, 4.69) is 25.9 Å².